The zero-order valence-electron chi connectivity index (χ0n) is 8.60. The van der Waals surface area contributed by atoms with E-state index in [0.717, 1.165) is 12.1 Å². The van der Waals surface area contributed by atoms with Crippen LogP contribution in [0.1, 0.15) is 10.4 Å². The van der Waals surface area contributed by atoms with E-state index >= 15 is 0 Å². The van der Waals surface area contributed by atoms with Crippen molar-refractivity contribution in [2.45, 2.75) is 0 Å². The highest BCUT2D eigenvalue weighted by Gasteiger charge is 2.03. The summed E-state index contributed by atoms with van der Waals surface area (Å²) in [4.78, 5) is 16.6. The summed E-state index contributed by atoms with van der Waals surface area (Å²) in [5.41, 5.74) is 0.580. The standard InChI is InChI=1S/C12H14N2O/c1-3-7-14(8-4-2)12-6-5-11(10-15)9-13-12/h3-6,9-10H,1-2,7-8H2. The van der Waals surface area contributed by atoms with Crippen LogP contribution in [0, 0.1) is 0 Å². The molecule has 0 atom stereocenters. The van der Waals surface area contributed by atoms with Gasteiger partial charge in [0.1, 0.15) is 5.82 Å². The molecule has 0 saturated carbocycles. The van der Waals surface area contributed by atoms with E-state index in [0.29, 0.717) is 18.7 Å². The molecule has 0 fully saturated rings. The maximum absolute atomic E-state index is 10.5. The molecule has 1 aromatic rings. The van der Waals surface area contributed by atoms with E-state index in [-0.39, 0.29) is 0 Å². The SMILES string of the molecule is C=CCN(CC=C)c1ccc(C=O)cn1. The largest absolute Gasteiger partial charge is 0.349 e. The Hall–Kier alpha value is -1.90. The first-order valence-electron chi connectivity index (χ1n) is 4.69. The van der Waals surface area contributed by atoms with Gasteiger partial charge >= 0.3 is 0 Å². The quantitative estimate of drug-likeness (QED) is 0.523. The third-order valence-corrected chi connectivity index (χ3v) is 1.93. The Labute approximate surface area is 89.7 Å². The van der Waals surface area contributed by atoms with E-state index in [4.69, 9.17) is 0 Å². The summed E-state index contributed by atoms with van der Waals surface area (Å²) in [6, 6.07) is 3.56. The number of aldehydes is 1. The van der Waals surface area contributed by atoms with Gasteiger partial charge in [0.05, 0.1) is 0 Å². The first kappa shape index (κ1) is 11.2. The van der Waals surface area contributed by atoms with E-state index in [1.807, 2.05) is 11.0 Å². The maximum atomic E-state index is 10.5. The predicted octanol–water partition coefficient (Wildman–Crippen LogP) is 2.07. The lowest BCUT2D eigenvalue weighted by Gasteiger charge is -2.19. The van der Waals surface area contributed by atoms with E-state index in [1.165, 1.54) is 0 Å². The van der Waals surface area contributed by atoms with E-state index in [9.17, 15) is 4.79 Å². The minimum atomic E-state index is 0.580. The van der Waals surface area contributed by atoms with Crippen LogP contribution >= 0.6 is 0 Å². The number of nitrogens with zero attached hydrogens (tertiary/aromatic N) is 2. The molecule has 0 aromatic carbocycles. The van der Waals surface area contributed by atoms with Gasteiger partial charge in [-0.15, -0.1) is 13.2 Å². The highest BCUT2D eigenvalue weighted by molar-refractivity contribution is 5.74. The summed E-state index contributed by atoms with van der Waals surface area (Å²) in [6.07, 6.45) is 5.95. The van der Waals surface area contributed by atoms with Crippen LogP contribution in [-0.2, 0) is 0 Å². The minimum absolute atomic E-state index is 0.580. The van der Waals surface area contributed by atoms with Crippen molar-refractivity contribution in [1.82, 2.24) is 4.98 Å². The van der Waals surface area contributed by atoms with Gasteiger partial charge in [0.15, 0.2) is 6.29 Å². The van der Waals surface area contributed by atoms with Crippen LogP contribution in [0.4, 0.5) is 5.82 Å². The number of carbonyl (C=O) groups excluding carboxylic acids is 1. The second-order valence-corrected chi connectivity index (χ2v) is 3.05. The van der Waals surface area contributed by atoms with Crippen molar-refractivity contribution in [3.63, 3.8) is 0 Å². The second-order valence-electron chi connectivity index (χ2n) is 3.05. The molecular weight excluding hydrogens is 188 g/mol. The third-order valence-electron chi connectivity index (χ3n) is 1.93. The molecule has 1 heterocycles. The molecule has 1 aromatic heterocycles. The molecule has 0 aliphatic heterocycles. The minimum Gasteiger partial charge on any atom is -0.349 e. The van der Waals surface area contributed by atoms with E-state index in [1.54, 1.807) is 24.4 Å². The van der Waals surface area contributed by atoms with Gasteiger partial charge in [-0.1, -0.05) is 12.2 Å². The first-order chi connectivity index (χ1) is 7.31. The van der Waals surface area contributed by atoms with Gasteiger partial charge in [-0.25, -0.2) is 4.98 Å². The molecule has 78 valence electrons. The smallest absolute Gasteiger partial charge is 0.151 e. The number of aromatic nitrogens is 1. The molecule has 0 saturated heterocycles. The van der Waals surface area contributed by atoms with E-state index < -0.39 is 0 Å². The van der Waals surface area contributed by atoms with Crippen molar-refractivity contribution in [3.05, 3.63) is 49.2 Å². The molecule has 0 amide bonds. The molecule has 0 aliphatic rings. The number of pyridine rings is 1. The Morgan fingerprint density at radius 3 is 2.33 bits per heavy atom. The molecule has 0 radical (unpaired) electrons. The van der Waals surface area contributed by atoms with Crippen LogP contribution in [0.25, 0.3) is 0 Å². The normalized spacial score (nSPS) is 9.33. The summed E-state index contributed by atoms with van der Waals surface area (Å²) >= 11 is 0. The van der Waals surface area contributed by atoms with Crippen LogP contribution in [0.15, 0.2) is 43.6 Å². The van der Waals surface area contributed by atoms with Crippen LogP contribution < -0.4 is 4.90 Å². The van der Waals surface area contributed by atoms with Crippen LogP contribution in [0.2, 0.25) is 0 Å². The maximum Gasteiger partial charge on any atom is 0.151 e. The van der Waals surface area contributed by atoms with Gasteiger partial charge in [0, 0.05) is 24.8 Å². The van der Waals surface area contributed by atoms with Crippen molar-refractivity contribution < 1.29 is 4.79 Å². The summed E-state index contributed by atoms with van der Waals surface area (Å²) in [5.74, 6) is 0.820. The predicted molar refractivity (Wildman–Crippen MR) is 62.2 cm³/mol. The fraction of sp³-hybridized carbons (Fsp3) is 0.167. The number of carbonyl (C=O) groups is 1. The molecule has 15 heavy (non-hydrogen) atoms. The first-order valence-corrected chi connectivity index (χ1v) is 4.69. The highest BCUT2D eigenvalue weighted by atomic mass is 16.1. The average molecular weight is 202 g/mol. The average Bonchev–Trinajstić information content (AvgIpc) is 2.29. The molecule has 3 nitrogen and oxygen atoms in total. The Kier molecular flexibility index (Phi) is 4.29. The van der Waals surface area contributed by atoms with Crippen molar-refractivity contribution in [2.24, 2.45) is 0 Å². The molecule has 0 unspecified atom stereocenters. The lowest BCUT2D eigenvalue weighted by molar-refractivity contribution is 0.112. The topological polar surface area (TPSA) is 33.2 Å². The fourth-order valence-electron chi connectivity index (χ4n) is 1.23. The van der Waals surface area contributed by atoms with Crippen molar-refractivity contribution in [1.29, 1.82) is 0 Å². The second kappa shape index (κ2) is 5.75. The van der Waals surface area contributed by atoms with Crippen molar-refractivity contribution >= 4 is 12.1 Å². The number of anilines is 1. The monoisotopic (exact) mass is 202 g/mol. The number of hydrogen-bond acceptors (Lipinski definition) is 3. The fourth-order valence-corrected chi connectivity index (χ4v) is 1.23. The Bertz CT molecular complexity index is 333. The summed E-state index contributed by atoms with van der Waals surface area (Å²) < 4.78 is 0. The lowest BCUT2D eigenvalue weighted by atomic mass is 10.3. The summed E-state index contributed by atoms with van der Waals surface area (Å²) in [7, 11) is 0. The van der Waals surface area contributed by atoms with Gasteiger partial charge in [0.25, 0.3) is 0 Å². The lowest BCUT2D eigenvalue weighted by Crippen LogP contribution is -2.24. The van der Waals surface area contributed by atoms with Gasteiger partial charge in [-0.2, -0.15) is 0 Å². The molecule has 0 N–H and O–H groups in total. The molecule has 0 spiro atoms. The summed E-state index contributed by atoms with van der Waals surface area (Å²) in [6.45, 7) is 8.78. The number of hydrogen-bond donors (Lipinski definition) is 0. The van der Waals surface area contributed by atoms with Gasteiger partial charge in [0.2, 0.25) is 0 Å². The number of rotatable bonds is 6. The molecule has 1 rings (SSSR count). The van der Waals surface area contributed by atoms with Gasteiger partial charge in [-0.05, 0) is 12.1 Å². The Balaban J connectivity index is 2.84. The molecule has 3 heteroatoms. The zero-order valence-corrected chi connectivity index (χ0v) is 8.60. The van der Waals surface area contributed by atoms with Gasteiger partial charge < -0.3 is 4.90 Å². The van der Waals surface area contributed by atoms with Crippen molar-refractivity contribution in [2.75, 3.05) is 18.0 Å². The Morgan fingerprint density at radius 2 is 1.93 bits per heavy atom. The molecular formula is C12H14N2O. The van der Waals surface area contributed by atoms with Crippen molar-refractivity contribution in [3.8, 4) is 0 Å². The summed E-state index contributed by atoms with van der Waals surface area (Å²) in [5, 5.41) is 0. The highest BCUT2D eigenvalue weighted by Crippen LogP contribution is 2.10. The third kappa shape index (κ3) is 3.06. The Morgan fingerprint density at radius 1 is 1.27 bits per heavy atom. The molecule has 0 bridgehead atoms. The van der Waals surface area contributed by atoms with E-state index in [2.05, 4.69) is 18.1 Å². The van der Waals surface area contributed by atoms with Crippen LogP contribution in [0.5, 0.6) is 0 Å². The zero-order chi connectivity index (χ0) is 11.1. The molecule has 0 aliphatic carbocycles. The van der Waals surface area contributed by atoms with Crippen LogP contribution in [0.3, 0.4) is 0 Å². The van der Waals surface area contributed by atoms with Gasteiger partial charge in [-0.3, -0.25) is 4.79 Å². The van der Waals surface area contributed by atoms with Crippen LogP contribution in [-0.4, -0.2) is 24.4 Å².